The third-order valence-electron chi connectivity index (χ3n) is 5.34. The number of nitrogens with zero attached hydrogens (tertiary/aromatic N) is 3. The molecule has 0 amide bonds. The summed E-state index contributed by atoms with van der Waals surface area (Å²) in [6.07, 6.45) is 3.25. The summed E-state index contributed by atoms with van der Waals surface area (Å²) >= 11 is 0. The van der Waals surface area contributed by atoms with Gasteiger partial charge in [-0.3, -0.25) is 4.99 Å². The van der Waals surface area contributed by atoms with Crippen molar-refractivity contribution in [1.29, 1.82) is 0 Å². The molecule has 1 aromatic rings. The Labute approximate surface area is 169 Å². The minimum Gasteiger partial charge on any atom is -0.490 e. The molecule has 1 aromatic carbocycles. The van der Waals surface area contributed by atoms with Gasteiger partial charge in [-0.1, -0.05) is 6.92 Å². The Morgan fingerprint density at radius 2 is 1.79 bits per heavy atom. The van der Waals surface area contributed by atoms with Gasteiger partial charge in [0.1, 0.15) is 0 Å². The van der Waals surface area contributed by atoms with E-state index in [9.17, 15) is 0 Å². The first-order valence-corrected chi connectivity index (χ1v) is 10.6. The smallest absolute Gasteiger partial charge is 0.195 e. The normalized spacial score (nSPS) is 18.6. The molecule has 0 saturated carbocycles. The quantitative estimate of drug-likeness (QED) is 0.424. The largest absolute Gasteiger partial charge is 0.490 e. The Morgan fingerprint density at radius 1 is 1.04 bits per heavy atom. The number of benzene rings is 1. The molecule has 1 fully saturated rings. The van der Waals surface area contributed by atoms with Gasteiger partial charge in [-0.25, -0.2) is 0 Å². The molecule has 0 atom stereocenters. The predicted octanol–water partition coefficient (Wildman–Crippen LogP) is 2.25. The van der Waals surface area contributed by atoms with Crippen LogP contribution in [0, 0.1) is 0 Å². The molecule has 2 N–H and O–H groups in total. The van der Waals surface area contributed by atoms with Crippen LogP contribution in [0.15, 0.2) is 23.2 Å². The fourth-order valence-corrected chi connectivity index (χ4v) is 3.55. The van der Waals surface area contributed by atoms with Crippen molar-refractivity contribution in [2.75, 3.05) is 71.4 Å². The Bertz CT molecular complexity index is 629. The van der Waals surface area contributed by atoms with Crippen LogP contribution in [-0.2, 0) is 0 Å². The zero-order valence-electron chi connectivity index (χ0n) is 17.4. The number of nitrogens with one attached hydrogen (secondary N) is 2. The van der Waals surface area contributed by atoms with E-state index in [1.807, 2.05) is 18.2 Å². The highest BCUT2D eigenvalue weighted by Crippen LogP contribution is 2.32. The van der Waals surface area contributed by atoms with Crippen LogP contribution in [0.3, 0.4) is 0 Å². The number of likely N-dealkylation sites (N-methyl/N-ethyl adjacent to an activating group) is 1. The molecule has 0 aromatic heterocycles. The monoisotopic (exact) mass is 389 g/mol. The highest BCUT2D eigenvalue weighted by Gasteiger charge is 2.14. The summed E-state index contributed by atoms with van der Waals surface area (Å²) in [6.45, 7) is 11.7. The number of aliphatic imine (C=N–C) groups is 1. The van der Waals surface area contributed by atoms with E-state index in [4.69, 9.17) is 9.47 Å². The van der Waals surface area contributed by atoms with Crippen LogP contribution in [0.5, 0.6) is 11.5 Å². The Morgan fingerprint density at radius 3 is 2.54 bits per heavy atom. The van der Waals surface area contributed by atoms with Gasteiger partial charge in [0.15, 0.2) is 17.5 Å². The van der Waals surface area contributed by atoms with E-state index in [0.717, 1.165) is 42.5 Å². The number of unbranched alkanes of at least 4 members (excludes halogenated alkanes) is 1. The molecule has 2 heterocycles. The number of hydrogen-bond acceptors (Lipinski definition) is 5. The van der Waals surface area contributed by atoms with Gasteiger partial charge in [-0.2, -0.15) is 0 Å². The molecular weight excluding hydrogens is 354 g/mol. The standard InChI is InChI=1S/C21H35N5O2/c1-3-25-11-13-26(14-12-25)10-5-4-9-23-21(22-2)24-18-7-8-19-20(17-18)28-16-6-15-27-19/h7-8,17H,3-6,9-16H2,1-2H3,(H2,22,23,24). The number of guanidine groups is 1. The van der Waals surface area contributed by atoms with Crippen molar-refractivity contribution in [3.8, 4) is 11.5 Å². The molecular formula is C21H35N5O2. The minimum atomic E-state index is 0.691. The fourth-order valence-electron chi connectivity index (χ4n) is 3.55. The van der Waals surface area contributed by atoms with Crippen molar-refractivity contribution >= 4 is 11.6 Å². The average Bonchev–Trinajstić information content (AvgIpc) is 2.98. The Hall–Kier alpha value is -1.99. The number of hydrogen-bond donors (Lipinski definition) is 2. The van der Waals surface area contributed by atoms with Crippen LogP contribution in [0.25, 0.3) is 0 Å². The third kappa shape index (κ3) is 6.27. The van der Waals surface area contributed by atoms with Crippen LogP contribution >= 0.6 is 0 Å². The van der Waals surface area contributed by atoms with E-state index < -0.39 is 0 Å². The maximum atomic E-state index is 5.76. The van der Waals surface area contributed by atoms with Gasteiger partial charge in [0, 0.05) is 57.9 Å². The first kappa shape index (κ1) is 20.7. The summed E-state index contributed by atoms with van der Waals surface area (Å²) in [5, 5.41) is 6.74. The van der Waals surface area contributed by atoms with Gasteiger partial charge < -0.3 is 29.9 Å². The molecule has 7 nitrogen and oxygen atoms in total. The number of rotatable bonds is 7. The van der Waals surface area contributed by atoms with E-state index in [2.05, 4.69) is 32.3 Å². The molecule has 2 aliphatic rings. The van der Waals surface area contributed by atoms with Gasteiger partial charge in [-0.05, 0) is 38.1 Å². The minimum absolute atomic E-state index is 0.691. The van der Waals surface area contributed by atoms with Gasteiger partial charge in [0.2, 0.25) is 0 Å². The lowest BCUT2D eigenvalue weighted by atomic mass is 10.2. The van der Waals surface area contributed by atoms with Crippen molar-refractivity contribution in [3.05, 3.63) is 18.2 Å². The molecule has 28 heavy (non-hydrogen) atoms. The first-order chi connectivity index (χ1) is 13.8. The molecule has 0 radical (unpaired) electrons. The van der Waals surface area contributed by atoms with Crippen LogP contribution in [0.2, 0.25) is 0 Å². The van der Waals surface area contributed by atoms with Crippen LogP contribution in [-0.4, -0.2) is 81.8 Å². The van der Waals surface area contributed by atoms with Crippen molar-refractivity contribution in [3.63, 3.8) is 0 Å². The highest BCUT2D eigenvalue weighted by molar-refractivity contribution is 5.93. The second-order valence-corrected chi connectivity index (χ2v) is 7.32. The van der Waals surface area contributed by atoms with Crippen molar-refractivity contribution < 1.29 is 9.47 Å². The fraction of sp³-hybridized carbons (Fsp3) is 0.667. The van der Waals surface area contributed by atoms with Gasteiger partial charge in [-0.15, -0.1) is 0 Å². The van der Waals surface area contributed by atoms with Crippen LogP contribution in [0.4, 0.5) is 5.69 Å². The third-order valence-corrected chi connectivity index (χ3v) is 5.34. The highest BCUT2D eigenvalue weighted by atomic mass is 16.5. The Kier molecular flexibility index (Phi) is 8.23. The van der Waals surface area contributed by atoms with E-state index in [-0.39, 0.29) is 0 Å². The average molecular weight is 390 g/mol. The zero-order valence-corrected chi connectivity index (χ0v) is 17.4. The van der Waals surface area contributed by atoms with E-state index in [1.165, 1.54) is 45.7 Å². The van der Waals surface area contributed by atoms with Gasteiger partial charge in [0.05, 0.1) is 13.2 Å². The lowest BCUT2D eigenvalue weighted by molar-refractivity contribution is 0.136. The lowest BCUT2D eigenvalue weighted by Crippen LogP contribution is -2.46. The molecule has 156 valence electrons. The molecule has 0 unspecified atom stereocenters. The molecule has 0 aliphatic carbocycles. The van der Waals surface area contributed by atoms with Crippen LogP contribution in [0.1, 0.15) is 26.2 Å². The number of piperazine rings is 1. The molecule has 0 spiro atoms. The number of fused-ring (bicyclic) bond motifs is 1. The zero-order chi connectivity index (χ0) is 19.6. The second-order valence-electron chi connectivity index (χ2n) is 7.32. The topological polar surface area (TPSA) is 61.4 Å². The summed E-state index contributed by atoms with van der Waals surface area (Å²) in [7, 11) is 1.80. The molecule has 7 heteroatoms. The van der Waals surface area contributed by atoms with Gasteiger partial charge in [0.25, 0.3) is 0 Å². The maximum absolute atomic E-state index is 5.76. The Balaban J connectivity index is 1.35. The molecule has 3 rings (SSSR count). The van der Waals surface area contributed by atoms with Crippen molar-refractivity contribution in [1.82, 2.24) is 15.1 Å². The molecule has 1 saturated heterocycles. The molecule has 0 bridgehead atoms. The summed E-state index contributed by atoms with van der Waals surface area (Å²) in [4.78, 5) is 9.43. The number of anilines is 1. The van der Waals surface area contributed by atoms with Crippen molar-refractivity contribution in [2.45, 2.75) is 26.2 Å². The van der Waals surface area contributed by atoms with Crippen LogP contribution < -0.4 is 20.1 Å². The predicted molar refractivity (Wildman–Crippen MR) is 115 cm³/mol. The summed E-state index contributed by atoms with van der Waals surface area (Å²) in [5.74, 6) is 2.39. The maximum Gasteiger partial charge on any atom is 0.195 e. The SMILES string of the molecule is CCN1CCN(CCCCNC(=NC)Nc2ccc3c(c2)OCCCO3)CC1. The number of ether oxygens (including phenoxy) is 2. The summed E-state index contributed by atoms with van der Waals surface area (Å²) in [5.41, 5.74) is 0.950. The second kappa shape index (κ2) is 11.1. The lowest BCUT2D eigenvalue weighted by Gasteiger charge is -2.34. The van der Waals surface area contributed by atoms with Crippen molar-refractivity contribution in [2.24, 2.45) is 4.99 Å². The summed E-state index contributed by atoms with van der Waals surface area (Å²) < 4.78 is 11.4. The van der Waals surface area contributed by atoms with E-state index in [0.29, 0.717) is 13.2 Å². The molecule has 2 aliphatic heterocycles. The van der Waals surface area contributed by atoms with E-state index >= 15 is 0 Å². The van der Waals surface area contributed by atoms with Gasteiger partial charge >= 0.3 is 0 Å². The first-order valence-electron chi connectivity index (χ1n) is 10.6. The van der Waals surface area contributed by atoms with E-state index in [1.54, 1.807) is 7.05 Å². The summed E-state index contributed by atoms with van der Waals surface area (Å²) in [6, 6.07) is 5.92.